The minimum atomic E-state index is -1.02. The van der Waals surface area contributed by atoms with Crippen LogP contribution in [0.4, 0.5) is 20.3 Å². The third-order valence-corrected chi connectivity index (χ3v) is 2.90. The lowest BCUT2D eigenvalue weighted by molar-refractivity contribution is 0.102. The van der Waals surface area contributed by atoms with Gasteiger partial charge in [0.25, 0.3) is 5.91 Å². The van der Waals surface area contributed by atoms with Crippen molar-refractivity contribution in [2.75, 3.05) is 11.1 Å². The molecular weight excluding hydrogens is 276 g/mol. The molecule has 0 unspecified atom stereocenters. The lowest BCUT2D eigenvalue weighted by Crippen LogP contribution is -2.14. The first-order chi connectivity index (χ1) is 9.86. The van der Waals surface area contributed by atoms with Crippen LogP contribution in [0.2, 0.25) is 0 Å². The van der Waals surface area contributed by atoms with Gasteiger partial charge in [-0.25, -0.2) is 13.8 Å². The predicted octanol–water partition coefficient (Wildman–Crippen LogP) is 3.32. The minimum absolute atomic E-state index is 0.114. The fraction of sp³-hybridized carbons (Fsp3) is 0.200. The number of nitrogens with one attached hydrogen (secondary N) is 1. The van der Waals surface area contributed by atoms with E-state index in [-0.39, 0.29) is 17.4 Å². The molecule has 0 saturated carbocycles. The largest absolute Gasteiger partial charge is 0.384 e. The number of carbonyl (C=O) groups excluding carboxylic acids is 1. The van der Waals surface area contributed by atoms with Crippen LogP contribution in [0.1, 0.15) is 35.8 Å². The van der Waals surface area contributed by atoms with Gasteiger partial charge in [0.2, 0.25) is 0 Å². The quantitative estimate of drug-likeness (QED) is 0.911. The highest BCUT2D eigenvalue weighted by molar-refractivity contribution is 6.04. The van der Waals surface area contributed by atoms with Crippen LogP contribution in [-0.2, 0) is 0 Å². The standard InChI is InChI=1S/C15H15F2N3O/c1-8(2)13-5-9(6-14(18)20-13)15(21)19-10-3-4-11(16)12(17)7-10/h3-8H,1-2H3,(H2,18,20)(H,19,21). The van der Waals surface area contributed by atoms with Crippen LogP contribution in [-0.4, -0.2) is 10.9 Å². The maximum Gasteiger partial charge on any atom is 0.255 e. The molecule has 0 bridgehead atoms. The summed E-state index contributed by atoms with van der Waals surface area (Å²) in [4.78, 5) is 16.3. The smallest absolute Gasteiger partial charge is 0.255 e. The van der Waals surface area contributed by atoms with Gasteiger partial charge in [-0.15, -0.1) is 0 Å². The first-order valence-electron chi connectivity index (χ1n) is 6.40. The van der Waals surface area contributed by atoms with Crippen LogP contribution in [0.3, 0.4) is 0 Å². The Morgan fingerprint density at radius 1 is 1.19 bits per heavy atom. The molecule has 6 heteroatoms. The first-order valence-corrected chi connectivity index (χ1v) is 6.40. The molecule has 0 aliphatic carbocycles. The molecule has 0 aliphatic rings. The second-order valence-electron chi connectivity index (χ2n) is 4.94. The zero-order chi connectivity index (χ0) is 15.6. The molecule has 110 valence electrons. The van der Waals surface area contributed by atoms with Crippen molar-refractivity contribution < 1.29 is 13.6 Å². The third-order valence-electron chi connectivity index (χ3n) is 2.90. The Morgan fingerprint density at radius 3 is 2.52 bits per heavy atom. The molecule has 2 aromatic rings. The Morgan fingerprint density at radius 2 is 1.90 bits per heavy atom. The van der Waals surface area contributed by atoms with Gasteiger partial charge >= 0.3 is 0 Å². The topological polar surface area (TPSA) is 68.0 Å². The summed E-state index contributed by atoms with van der Waals surface area (Å²) >= 11 is 0. The number of amides is 1. The molecule has 0 aliphatic heterocycles. The van der Waals surface area contributed by atoms with E-state index in [1.807, 2.05) is 13.8 Å². The molecule has 1 aromatic carbocycles. The number of benzene rings is 1. The number of hydrogen-bond acceptors (Lipinski definition) is 3. The Balaban J connectivity index is 2.25. The van der Waals surface area contributed by atoms with E-state index in [0.29, 0.717) is 11.3 Å². The average molecular weight is 291 g/mol. The molecule has 4 nitrogen and oxygen atoms in total. The summed E-state index contributed by atoms with van der Waals surface area (Å²) in [6.45, 7) is 3.86. The number of pyridine rings is 1. The summed E-state index contributed by atoms with van der Waals surface area (Å²) in [6.07, 6.45) is 0. The molecule has 0 saturated heterocycles. The maximum absolute atomic E-state index is 13.1. The molecular formula is C15H15F2N3O. The van der Waals surface area contributed by atoms with E-state index in [0.717, 1.165) is 12.1 Å². The number of rotatable bonds is 3. The second kappa shape index (κ2) is 5.87. The molecule has 0 fully saturated rings. The second-order valence-corrected chi connectivity index (χ2v) is 4.94. The van der Waals surface area contributed by atoms with Crippen LogP contribution < -0.4 is 11.1 Å². The molecule has 3 N–H and O–H groups in total. The average Bonchev–Trinajstić information content (AvgIpc) is 2.42. The summed E-state index contributed by atoms with van der Waals surface area (Å²) in [7, 11) is 0. The Labute approximate surface area is 121 Å². The van der Waals surface area contributed by atoms with E-state index in [2.05, 4.69) is 10.3 Å². The molecule has 0 atom stereocenters. The maximum atomic E-state index is 13.1. The molecule has 21 heavy (non-hydrogen) atoms. The monoisotopic (exact) mass is 291 g/mol. The van der Waals surface area contributed by atoms with Crippen molar-refractivity contribution in [3.8, 4) is 0 Å². The highest BCUT2D eigenvalue weighted by Crippen LogP contribution is 2.18. The van der Waals surface area contributed by atoms with Crippen molar-refractivity contribution in [3.05, 3.63) is 53.2 Å². The lowest BCUT2D eigenvalue weighted by Gasteiger charge is -2.10. The number of nitrogens with zero attached hydrogens (tertiary/aromatic N) is 1. The molecule has 0 radical (unpaired) electrons. The highest BCUT2D eigenvalue weighted by Gasteiger charge is 2.12. The fourth-order valence-electron chi connectivity index (χ4n) is 1.78. The van der Waals surface area contributed by atoms with Gasteiger partial charge in [0.1, 0.15) is 5.82 Å². The SMILES string of the molecule is CC(C)c1cc(C(=O)Nc2ccc(F)c(F)c2)cc(N)n1. The summed E-state index contributed by atoms with van der Waals surface area (Å²) in [6, 6.07) is 6.20. The molecule has 1 amide bonds. The van der Waals surface area contributed by atoms with Crippen molar-refractivity contribution in [2.45, 2.75) is 19.8 Å². The van der Waals surface area contributed by atoms with Gasteiger partial charge in [0.15, 0.2) is 11.6 Å². The van der Waals surface area contributed by atoms with Gasteiger partial charge in [0.05, 0.1) is 0 Å². The number of aromatic nitrogens is 1. The summed E-state index contributed by atoms with van der Waals surface area (Å²) < 4.78 is 26.0. The third kappa shape index (κ3) is 3.53. The van der Waals surface area contributed by atoms with E-state index in [4.69, 9.17) is 5.73 Å². The lowest BCUT2D eigenvalue weighted by atomic mass is 10.1. The van der Waals surface area contributed by atoms with Crippen molar-refractivity contribution in [3.63, 3.8) is 0 Å². The van der Waals surface area contributed by atoms with Crippen LogP contribution in [0.15, 0.2) is 30.3 Å². The van der Waals surface area contributed by atoms with Crippen molar-refractivity contribution >= 4 is 17.4 Å². The fourth-order valence-corrected chi connectivity index (χ4v) is 1.78. The molecule has 1 aromatic heterocycles. The first kappa shape index (κ1) is 14.9. The van der Waals surface area contributed by atoms with Gasteiger partial charge in [-0.2, -0.15) is 0 Å². The van der Waals surface area contributed by atoms with E-state index >= 15 is 0 Å². The Hall–Kier alpha value is -2.50. The van der Waals surface area contributed by atoms with Gasteiger partial charge in [0, 0.05) is 23.0 Å². The van der Waals surface area contributed by atoms with Crippen LogP contribution in [0.25, 0.3) is 0 Å². The van der Waals surface area contributed by atoms with E-state index < -0.39 is 17.5 Å². The van der Waals surface area contributed by atoms with Gasteiger partial charge in [-0.05, 0) is 30.2 Å². The Bertz CT molecular complexity index is 687. The number of hydrogen-bond donors (Lipinski definition) is 2. The number of anilines is 2. The molecule has 2 rings (SSSR count). The highest BCUT2D eigenvalue weighted by atomic mass is 19.2. The number of nitrogen functional groups attached to an aromatic ring is 1. The van der Waals surface area contributed by atoms with Crippen molar-refractivity contribution in [1.29, 1.82) is 0 Å². The van der Waals surface area contributed by atoms with Crippen LogP contribution >= 0.6 is 0 Å². The van der Waals surface area contributed by atoms with Crippen LogP contribution in [0, 0.1) is 11.6 Å². The number of halogens is 2. The van der Waals surface area contributed by atoms with E-state index in [1.165, 1.54) is 12.1 Å². The summed E-state index contributed by atoms with van der Waals surface area (Å²) in [5, 5.41) is 2.49. The normalized spacial score (nSPS) is 10.7. The van der Waals surface area contributed by atoms with Crippen molar-refractivity contribution in [1.82, 2.24) is 4.98 Å². The summed E-state index contributed by atoms with van der Waals surface area (Å²) in [5.74, 6) is -2.11. The zero-order valence-electron chi connectivity index (χ0n) is 11.7. The Kier molecular flexibility index (Phi) is 4.16. The predicted molar refractivity (Wildman–Crippen MR) is 77.0 cm³/mol. The molecule has 0 spiro atoms. The zero-order valence-corrected chi connectivity index (χ0v) is 11.7. The minimum Gasteiger partial charge on any atom is -0.384 e. The van der Waals surface area contributed by atoms with Gasteiger partial charge in [-0.1, -0.05) is 13.8 Å². The molecule has 1 heterocycles. The van der Waals surface area contributed by atoms with Crippen LogP contribution in [0.5, 0.6) is 0 Å². The van der Waals surface area contributed by atoms with Crippen molar-refractivity contribution in [2.24, 2.45) is 0 Å². The summed E-state index contributed by atoms with van der Waals surface area (Å²) in [5.41, 5.74) is 6.84. The number of nitrogens with two attached hydrogens (primary N) is 1. The number of carbonyl (C=O) groups is 1. The van der Waals surface area contributed by atoms with E-state index in [9.17, 15) is 13.6 Å². The van der Waals surface area contributed by atoms with Gasteiger partial charge < -0.3 is 11.1 Å². The van der Waals surface area contributed by atoms with E-state index in [1.54, 1.807) is 6.07 Å². The van der Waals surface area contributed by atoms with Gasteiger partial charge in [-0.3, -0.25) is 4.79 Å².